The highest BCUT2D eigenvalue weighted by Crippen LogP contribution is 2.33. The summed E-state index contributed by atoms with van der Waals surface area (Å²) in [7, 11) is 0. The van der Waals surface area contributed by atoms with E-state index in [9.17, 15) is 9.18 Å². The Hall–Kier alpha value is -1.72. The number of rotatable bonds is 2. The van der Waals surface area contributed by atoms with Gasteiger partial charge in [0, 0.05) is 6.54 Å². The fourth-order valence-electron chi connectivity index (χ4n) is 2.97. The number of anilines is 1. The Labute approximate surface area is 158 Å². The summed E-state index contributed by atoms with van der Waals surface area (Å²) in [4.78, 5) is 22.1. The van der Waals surface area contributed by atoms with Crippen molar-refractivity contribution < 1.29 is 13.9 Å². The van der Waals surface area contributed by atoms with Crippen molar-refractivity contribution in [2.75, 3.05) is 19.0 Å². The number of fused-ring (bicyclic) bond motifs is 1. The molecule has 8 nitrogen and oxygen atoms in total. The number of carbonyl (C=O) groups excluding carboxylic acids is 1. The minimum atomic E-state index is -0.636. The molecule has 1 aliphatic heterocycles. The third-order valence-corrected chi connectivity index (χ3v) is 4.77. The average molecular weight is 462 g/mol. The summed E-state index contributed by atoms with van der Waals surface area (Å²) in [6.07, 6.45) is 1.30. The van der Waals surface area contributed by atoms with Crippen molar-refractivity contribution in [2.24, 2.45) is 0 Å². The van der Waals surface area contributed by atoms with Crippen LogP contribution < -0.4 is 5.73 Å². The number of hydrogen-bond acceptors (Lipinski definition) is 6. The molecule has 0 radical (unpaired) electrons. The second-order valence-electron chi connectivity index (χ2n) is 7.02. The molecule has 2 atom stereocenters. The molecule has 2 aromatic rings. The summed E-state index contributed by atoms with van der Waals surface area (Å²) in [5.74, 6) is 0.352. The second kappa shape index (κ2) is 6.54. The van der Waals surface area contributed by atoms with Gasteiger partial charge in [-0.05, 0) is 49.8 Å². The van der Waals surface area contributed by atoms with Crippen LogP contribution in [0.3, 0.4) is 0 Å². The van der Waals surface area contributed by atoms with Gasteiger partial charge in [0.1, 0.15) is 28.1 Å². The molecule has 0 unspecified atom stereocenters. The molecule has 1 aliphatic rings. The zero-order chi connectivity index (χ0) is 18.4. The first-order valence-electron chi connectivity index (χ1n) is 7.91. The molecule has 10 heteroatoms. The van der Waals surface area contributed by atoms with Gasteiger partial charge in [-0.25, -0.2) is 23.8 Å². The Bertz CT molecular complexity index is 805. The van der Waals surface area contributed by atoms with Crippen LogP contribution in [-0.2, 0) is 4.74 Å². The first-order valence-corrected chi connectivity index (χ1v) is 8.99. The van der Waals surface area contributed by atoms with Gasteiger partial charge < -0.3 is 15.4 Å². The highest BCUT2D eigenvalue weighted by atomic mass is 127. The summed E-state index contributed by atoms with van der Waals surface area (Å²) >= 11 is 2.07. The van der Waals surface area contributed by atoms with Crippen molar-refractivity contribution in [1.82, 2.24) is 24.6 Å². The Morgan fingerprint density at radius 1 is 1.48 bits per heavy atom. The molecule has 1 amide bonds. The molecule has 0 bridgehead atoms. The van der Waals surface area contributed by atoms with E-state index in [4.69, 9.17) is 10.5 Å². The highest BCUT2D eigenvalue weighted by molar-refractivity contribution is 14.1. The van der Waals surface area contributed by atoms with Crippen LogP contribution in [0.2, 0.25) is 0 Å². The predicted molar refractivity (Wildman–Crippen MR) is 98.8 cm³/mol. The molecule has 0 saturated carbocycles. The molecule has 0 aliphatic carbocycles. The SMILES string of the molecule is CC(C)(C)OC(=O)N1C[C@@H](n2nc(I)c3c(N)ncnc32)C[C@@H]1CF. The van der Waals surface area contributed by atoms with Crippen molar-refractivity contribution in [2.45, 2.75) is 44.9 Å². The monoisotopic (exact) mass is 462 g/mol. The van der Waals surface area contributed by atoms with Crippen molar-refractivity contribution >= 4 is 45.5 Å². The van der Waals surface area contributed by atoms with Gasteiger partial charge in [-0.1, -0.05) is 0 Å². The van der Waals surface area contributed by atoms with Gasteiger partial charge in [0.05, 0.1) is 17.5 Å². The number of nitrogens with zero attached hydrogens (tertiary/aromatic N) is 5. The molecule has 3 rings (SSSR count). The smallest absolute Gasteiger partial charge is 0.410 e. The van der Waals surface area contributed by atoms with E-state index < -0.39 is 24.4 Å². The Morgan fingerprint density at radius 3 is 2.84 bits per heavy atom. The van der Waals surface area contributed by atoms with E-state index in [0.717, 1.165) is 0 Å². The van der Waals surface area contributed by atoms with Gasteiger partial charge in [-0.15, -0.1) is 0 Å². The molecule has 0 spiro atoms. The van der Waals surface area contributed by atoms with E-state index >= 15 is 0 Å². The molecule has 0 aromatic carbocycles. The lowest BCUT2D eigenvalue weighted by atomic mass is 10.2. The largest absolute Gasteiger partial charge is 0.444 e. The Kier molecular flexibility index (Phi) is 4.73. The maximum atomic E-state index is 13.5. The van der Waals surface area contributed by atoms with Crippen LogP contribution >= 0.6 is 22.6 Å². The predicted octanol–water partition coefficient (Wildman–Crippen LogP) is 2.53. The first-order chi connectivity index (χ1) is 11.7. The van der Waals surface area contributed by atoms with E-state index in [1.165, 1.54) is 11.2 Å². The van der Waals surface area contributed by atoms with Crippen LogP contribution in [0.15, 0.2) is 6.33 Å². The van der Waals surface area contributed by atoms with Crippen LogP contribution in [0.1, 0.15) is 33.2 Å². The number of amides is 1. The second-order valence-corrected chi connectivity index (χ2v) is 8.05. The average Bonchev–Trinajstić information content (AvgIpc) is 3.07. The van der Waals surface area contributed by atoms with Crippen molar-refractivity contribution in [3.63, 3.8) is 0 Å². The van der Waals surface area contributed by atoms with Gasteiger partial charge in [-0.3, -0.25) is 0 Å². The number of likely N-dealkylation sites (tertiary alicyclic amines) is 1. The Morgan fingerprint density at radius 2 is 2.20 bits per heavy atom. The van der Waals surface area contributed by atoms with Gasteiger partial charge in [0.15, 0.2) is 5.65 Å². The lowest BCUT2D eigenvalue weighted by Crippen LogP contribution is -2.40. The van der Waals surface area contributed by atoms with Crippen molar-refractivity contribution in [1.29, 1.82) is 0 Å². The van der Waals surface area contributed by atoms with Gasteiger partial charge in [0.2, 0.25) is 0 Å². The molecule has 25 heavy (non-hydrogen) atoms. The number of aromatic nitrogens is 4. The summed E-state index contributed by atoms with van der Waals surface area (Å²) < 4.78 is 21.3. The maximum absolute atomic E-state index is 13.5. The molecule has 1 fully saturated rings. The van der Waals surface area contributed by atoms with Gasteiger partial charge >= 0.3 is 6.09 Å². The van der Waals surface area contributed by atoms with E-state index in [2.05, 4.69) is 37.7 Å². The third-order valence-electron chi connectivity index (χ3n) is 4.02. The summed E-state index contributed by atoms with van der Waals surface area (Å²) in [6.45, 7) is 5.02. The van der Waals surface area contributed by atoms with Crippen LogP contribution in [0.5, 0.6) is 0 Å². The van der Waals surface area contributed by atoms with Crippen LogP contribution in [-0.4, -0.2) is 55.6 Å². The van der Waals surface area contributed by atoms with E-state index in [0.29, 0.717) is 33.5 Å². The number of hydrogen-bond donors (Lipinski definition) is 1. The number of alkyl halides is 1. The lowest BCUT2D eigenvalue weighted by molar-refractivity contribution is 0.0203. The Balaban J connectivity index is 1.90. The van der Waals surface area contributed by atoms with Gasteiger partial charge in [0.25, 0.3) is 0 Å². The maximum Gasteiger partial charge on any atom is 0.410 e. The normalized spacial score (nSPS) is 21.1. The zero-order valence-corrected chi connectivity index (χ0v) is 16.4. The molecule has 2 N–H and O–H groups in total. The van der Waals surface area contributed by atoms with Crippen LogP contribution in [0.4, 0.5) is 15.0 Å². The molecule has 1 saturated heterocycles. The van der Waals surface area contributed by atoms with Crippen molar-refractivity contribution in [3.05, 3.63) is 10.0 Å². The number of halogens is 2. The lowest BCUT2D eigenvalue weighted by Gasteiger charge is -2.27. The fourth-order valence-corrected chi connectivity index (χ4v) is 3.72. The number of nitrogen functional groups attached to an aromatic ring is 1. The molecule has 3 heterocycles. The topological polar surface area (TPSA) is 99.2 Å². The molecular weight excluding hydrogens is 442 g/mol. The summed E-state index contributed by atoms with van der Waals surface area (Å²) in [5, 5.41) is 5.17. The quantitative estimate of drug-likeness (QED) is 0.689. The number of ether oxygens (including phenoxy) is 1. The molecular formula is C15H20FIN6O2. The van der Waals surface area contributed by atoms with Gasteiger partial charge in [-0.2, -0.15) is 5.10 Å². The van der Waals surface area contributed by atoms with E-state index in [1.807, 2.05) is 0 Å². The van der Waals surface area contributed by atoms with E-state index in [1.54, 1.807) is 25.5 Å². The number of nitrogens with two attached hydrogens (primary N) is 1. The summed E-state index contributed by atoms with van der Waals surface area (Å²) in [6, 6.07) is -0.746. The minimum Gasteiger partial charge on any atom is -0.444 e. The first kappa shape index (κ1) is 18.1. The van der Waals surface area contributed by atoms with Crippen LogP contribution in [0, 0.1) is 3.70 Å². The minimum absolute atomic E-state index is 0.200. The highest BCUT2D eigenvalue weighted by Gasteiger charge is 2.39. The number of carbonyl (C=O) groups is 1. The zero-order valence-electron chi connectivity index (χ0n) is 14.2. The van der Waals surface area contributed by atoms with E-state index in [-0.39, 0.29) is 6.04 Å². The third kappa shape index (κ3) is 3.48. The summed E-state index contributed by atoms with van der Waals surface area (Å²) in [5.41, 5.74) is 5.87. The fraction of sp³-hybridized carbons (Fsp3) is 0.600. The standard InChI is InChI=1S/C15H20FIN6O2/c1-15(2,3)25-14(24)22-6-9(4-8(22)5-16)23-13-10(11(17)21-23)12(18)19-7-20-13/h7-9H,4-6H2,1-3H3,(H2,18,19,20)/t8-,9+/m1/s1. The van der Waals surface area contributed by atoms with Crippen molar-refractivity contribution in [3.8, 4) is 0 Å². The molecule has 136 valence electrons. The van der Waals surface area contributed by atoms with Crippen LogP contribution in [0.25, 0.3) is 11.0 Å². The molecule has 2 aromatic heterocycles.